The summed E-state index contributed by atoms with van der Waals surface area (Å²) in [5.74, 6) is -2.37. The van der Waals surface area contributed by atoms with Gasteiger partial charge in [-0.05, 0) is 75.3 Å². The van der Waals surface area contributed by atoms with Crippen LogP contribution in [0.25, 0.3) is 0 Å². The molecule has 2 aromatic carbocycles. The van der Waals surface area contributed by atoms with Crippen molar-refractivity contribution in [3.05, 3.63) is 71.8 Å². The molecule has 4 unspecified atom stereocenters. The number of hydrogen-bond donors (Lipinski definition) is 0. The Morgan fingerprint density at radius 2 is 0.692 bits per heavy atom. The van der Waals surface area contributed by atoms with Crippen molar-refractivity contribution in [3.8, 4) is 0 Å². The number of benzene rings is 2. The molecule has 0 amide bonds. The number of aliphatic carboxylic acids is 2. The molecule has 0 heterocycles. The molecule has 0 aliphatic carbocycles. The maximum atomic E-state index is 11.7. The minimum atomic E-state index is -0.948. The fourth-order valence-electron chi connectivity index (χ4n) is 7.92. The third-order valence-electron chi connectivity index (χ3n) is 11.5. The van der Waals surface area contributed by atoms with E-state index in [1.807, 2.05) is 36.4 Å². The van der Waals surface area contributed by atoms with Crippen LogP contribution in [0.5, 0.6) is 0 Å². The second kappa shape index (κ2) is 44.3. The van der Waals surface area contributed by atoms with Gasteiger partial charge in [-0.25, -0.2) is 0 Å². The third-order valence-corrected chi connectivity index (χ3v) is 11.5. The van der Waals surface area contributed by atoms with Crippen molar-refractivity contribution in [2.75, 3.05) is 0 Å². The predicted octanol–water partition coefficient (Wildman–Crippen LogP) is 11.1. The van der Waals surface area contributed by atoms with Crippen LogP contribution in [0, 0.1) is 0 Å². The van der Waals surface area contributed by atoms with E-state index in [4.69, 9.17) is 18.9 Å². The van der Waals surface area contributed by atoms with Crippen LogP contribution >= 0.6 is 0 Å². The van der Waals surface area contributed by atoms with Crippen LogP contribution in [0.2, 0.25) is 0 Å². The molecule has 0 fully saturated rings. The molecule has 0 saturated carbocycles. The van der Waals surface area contributed by atoms with Crippen molar-refractivity contribution in [1.29, 1.82) is 0 Å². The van der Waals surface area contributed by atoms with Crippen LogP contribution in [0.1, 0.15) is 219 Å². The Morgan fingerprint density at radius 3 is 0.985 bits per heavy atom. The predicted molar refractivity (Wildman–Crippen MR) is 258 cm³/mol. The molecule has 2 aromatic rings. The molecule has 0 spiro atoms. The molecule has 0 aliphatic heterocycles. The Labute approximate surface area is 434 Å². The van der Waals surface area contributed by atoms with Crippen molar-refractivity contribution in [1.82, 2.24) is 0 Å². The molecule has 0 radical (unpaired) electrons. The monoisotopic (exact) mass is 1030 g/mol. The Bertz CT molecular complexity index is 1320. The Hall–Kier alpha value is -2.19. The summed E-state index contributed by atoms with van der Waals surface area (Å²) in [6, 6.07) is 20.3. The quantitative estimate of drug-likeness (QED) is 0.0358. The molecule has 0 saturated heterocycles. The van der Waals surface area contributed by atoms with Gasteiger partial charge in [-0.2, -0.15) is 0 Å². The summed E-state index contributed by atoms with van der Waals surface area (Å²) in [6.45, 7) is 8.37. The summed E-state index contributed by atoms with van der Waals surface area (Å²) < 4.78 is 23.9. The first-order chi connectivity index (χ1) is 31.0. The molecular weight excluding hydrogens is 946 g/mol. The number of carboxylic acid groups (broad SMARTS) is 2. The fraction of sp³-hybridized carbons (Fsp3) is 0.704. The summed E-state index contributed by atoms with van der Waals surface area (Å²) in [6.07, 6.45) is 26.8. The van der Waals surface area contributed by atoms with Gasteiger partial charge in [-0.15, -0.1) is 0 Å². The van der Waals surface area contributed by atoms with E-state index in [0.717, 1.165) is 152 Å². The van der Waals surface area contributed by atoms with E-state index in [9.17, 15) is 29.4 Å². The van der Waals surface area contributed by atoms with Crippen LogP contribution in [0.3, 0.4) is 0 Å². The first kappa shape index (κ1) is 62.8. The molecular formula is C54H86BaO10. The van der Waals surface area contributed by atoms with Crippen molar-refractivity contribution < 1.29 is 48.3 Å². The second-order valence-corrected chi connectivity index (χ2v) is 17.4. The normalized spacial score (nSPS) is 12.7. The Morgan fingerprint density at radius 1 is 0.415 bits per heavy atom. The van der Waals surface area contributed by atoms with Crippen LogP contribution in [0.4, 0.5) is 0 Å². The van der Waals surface area contributed by atoms with E-state index in [1.165, 1.54) is 39.5 Å². The molecule has 65 heavy (non-hydrogen) atoms. The summed E-state index contributed by atoms with van der Waals surface area (Å²) in [7, 11) is 0. The van der Waals surface area contributed by atoms with Crippen LogP contribution in [-0.2, 0) is 51.3 Å². The Kier molecular flexibility index (Phi) is 42.8. The third kappa shape index (κ3) is 38.5. The van der Waals surface area contributed by atoms with E-state index in [-0.39, 0.29) is 98.1 Å². The van der Waals surface area contributed by atoms with Crippen molar-refractivity contribution in [2.45, 2.75) is 245 Å². The van der Waals surface area contributed by atoms with Gasteiger partial charge in [-0.3, -0.25) is 9.59 Å². The average Bonchev–Trinajstić information content (AvgIpc) is 3.27. The standard InChI is InChI=1S/2C27H44O5.Ba/c2*1-3-4-12-20-26(32-23(2)28)25(31-22-24-17-13-11-14-18-24)19-15-9-7-5-6-8-10-16-21-27(29)30;/h2*11,13-14,17-18,25-26H,3-10,12,15-16,19-22H2,1-2H3,(H,29,30);/q;;+2/p-2. The van der Waals surface area contributed by atoms with E-state index in [2.05, 4.69) is 38.1 Å². The van der Waals surface area contributed by atoms with Crippen molar-refractivity contribution in [3.63, 3.8) is 0 Å². The van der Waals surface area contributed by atoms with Gasteiger partial charge >= 0.3 is 60.8 Å². The Balaban J connectivity index is 0.00000124. The number of rotatable bonds is 40. The molecule has 4 atom stereocenters. The first-order valence-corrected chi connectivity index (χ1v) is 25.1. The molecule has 2 rings (SSSR count). The van der Waals surface area contributed by atoms with Crippen LogP contribution in [-0.4, -0.2) is 97.2 Å². The van der Waals surface area contributed by atoms with Gasteiger partial charge < -0.3 is 38.7 Å². The zero-order valence-corrected chi connectivity index (χ0v) is 45.5. The van der Waals surface area contributed by atoms with E-state index >= 15 is 0 Å². The smallest absolute Gasteiger partial charge is 0.550 e. The minimum absolute atomic E-state index is 0. The van der Waals surface area contributed by atoms with Gasteiger partial charge in [0.05, 0.1) is 25.4 Å². The average molecular weight is 1030 g/mol. The van der Waals surface area contributed by atoms with Crippen molar-refractivity contribution >= 4 is 72.8 Å². The number of hydrogen-bond acceptors (Lipinski definition) is 10. The summed E-state index contributed by atoms with van der Waals surface area (Å²) in [5, 5.41) is 20.8. The largest absolute Gasteiger partial charge is 2.00 e. The summed E-state index contributed by atoms with van der Waals surface area (Å²) >= 11 is 0. The van der Waals surface area contributed by atoms with Crippen molar-refractivity contribution in [2.24, 2.45) is 0 Å². The van der Waals surface area contributed by atoms with Gasteiger partial charge in [0.15, 0.2) is 0 Å². The molecule has 11 heteroatoms. The number of carbonyl (C=O) groups is 4. The fourth-order valence-corrected chi connectivity index (χ4v) is 7.92. The van der Waals surface area contributed by atoms with E-state index in [0.29, 0.717) is 13.2 Å². The maximum Gasteiger partial charge on any atom is 2.00 e. The number of carbonyl (C=O) groups excluding carboxylic acids is 4. The van der Waals surface area contributed by atoms with Gasteiger partial charge in [0.1, 0.15) is 12.2 Å². The number of unbranched alkanes of at least 4 members (excludes halogenated alkanes) is 18. The van der Waals surface area contributed by atoms with Gasteiger partial charge in [-0.1, -0.05) is 190 Å². The molecule has 364 valence electrons. The molecule has 0 bridgehead atoms. The zero-order valence-electron chi connectivity index (χ0n) is 41.1. The number of ether oxygens (including phenoxy) is 4. The topological polar surface area (TPSA) is 151 Å². The summed E-state index contributed by atoms with van der Waals surface area (Å²) in [4.78, 5) is 44.3. The van der Waals surface area contributed by atoms with E-state index < -0.39 is 11.9 Å². The van der Waals surface area contributed by atoms with Gasteiger partial charge in [0, 0.05) is 25.8 Å². The first-order valence-electron chi connectivity index (χ1n) is 25.1. The maximum absolute atomic E-state index is 11.7. The second-order valence-electron chi connectivity index (χ2n) is 17.4. The minimum Gasteiger partial charge on any atom is -0.550 e. The van der Waals surface area contributed by atoms with E-state index in [1.54, 1.807) is 0 Å². The SMILES string of the molecule is CCCCCC(OC(C)=O)C(CCCCCCCCCCC(=O)[O-])OCc1ccccc1.CCCCCC(OC(C)=O)C(CCCCCCCCCCC(=O)[O-])OCc1ccccc1.[Ba+2]. The van der Waals surface area contributed by atoms with Gasteiger partial charge in [0.25, 0.3) is 0 Å². The molecule has 0 aromatic heterocycles. The summed E-state index contributed by atoms with van der Waals surface area (Å²) in [5.41, 5.74) is 2.26. The number of carboxylic acids is 2. The molecule has 0 N–H and O–H groups in total. The van der Waals surface area contributed by atoms with Crippen LogP contribution < -0.4 is 10.2 Å². The molecule has 10 nitrogen and oxygen atoms in total. The molecule has 0 aliphatic rings. The number of esters is 2. The van der Waals surface area contributed by atoms with Crippen LogP contribution in [0.15, 0.2) is 60.7 Å². The zero-order chi connectivity index (χ0) is 46.9. The van der Waals surface area contributed by atoms with Gasteiger partial charge in [0.2, 0.25) is 0 Å².